The molecule has 0 aliphatic heterocycles. The molecule has 0 radical (unpaired) electrons. The number of ketones is 1. The standard InChI is InChI=1S/C11H14O3/c1-8(12)5-10-4-3-9(7-14-2)6-11(10)13/h3-4,6,13H,5,7H2,1-2H3. The van der Waals surface area contributed by atoms with Crippen LogP contribution in [0.5, 0.6) is 5.75 Å². The second-order valence-electron chi connectivity index (χ2n) is 3.27. The van der Waals surface area contributed by atoms with E-state index in [1.165, 1.54) is 6.92 Å². The zero-order valence-electron chi connectivity index (χ0n) is 8.41. The Morgan fingerprint density at radius 3 is 2.71 bits per heavy atom. The van der Waals surface area contributed by atoms with Gasteiger partial charge in [0.1, 0.15) is 11.5 Å². The van der Waals surface area contributed by atoms with E-state index in [4.69, 9.17) is 4.74 Å². The second-order valence-corrected chi connectivity index (χ2v) is 3.27. The van der Waals surface area contributed by atoms with Crippen LogP contribution in [0.3, 0.4) is 0 Å². The molecule has 0 fully saturated rings. The minimum Gasteiger partial charge on any atom is -0.508 e. The Balaban J connectivity index is 2.84. The summed E-state index contributed by atoms with van der Waals surface area (Å²) in [5.74, 6) is 0.203. The van der Waals surface area contributed by atoms with Crippen LogP contribution in [0, 0.1) is 0 Å². The highest BCUT2D eigenvalue weighted by Crippen LogP contribution is 2.19. The molecule has 0 heterocycles. The van der Waals surface area contributed by atoms with Gasteiger partial charge in [-0.3, -0.25) is 4.79 Å². The molecule has 1 N–H and O–H groups in total. The van der Waals surface area contributed by atoms with Crippen molar-refractivity contribution in [2.45, 2.75) is 20.0 Å². The van der Waals surface area contributed by atoms with E-state index < -0.39 is 0 Å². The highest BCUT2D eigenvalue weighted by Gasteiger charge is 2.04. The van der Waals surface area contributed by atoms with Crippen LogP contribution < -0.4 is 0 Å². The first-order valence-corrected chi connectivity index (χ1v) is 4.42. The summed E-state index contributed by atoms with van der Waals surface area (Å²) in [6.07, 6.45) is 0.277. The molecule has 1 rings (SSSR count). The molecule has 0 aliphatic carbocycles. The van der Waals surface area contributed by atoms with Gasteiger partial charge < -0.3 is 9.84 Å². The van der Waals surface area contributed by atoms with Crippen molar-refractivity contribution in [3.05, 3.63) is 29.3 Å². The fraction of sp³-hybridized carbons (Fsp3) is 0.364. The van der Waals surface area contributed by atoms with Gasteiger partial charge in [0, 0.05) is 19.1 Å². The molecule has 0 aliphatic rings. The number of carbonyl (C=O) groups is 1. The summed E-state index contributed by atoms with van der Waals surface area (Å²) in [5.41, 5.74) is 1.56. The summed E-state index contributed by atoms with van der Waals surface area (Å²) in [6, 6.07) is 5.23. The Morgan fingerprint density at radius 1 is 1.50 bits per heavy atom. The summed E-state index contributed by atoms with van der Waals surface area (Å²) in [4.78, 5) is 10.8. The average Bonchev–Trinajstić information content (AvgIpc) is 2.10. The predicted molar refractivity (Wildman–Crippen MR) is 53.2 cm³/mol. The molecule has 76 valence electrons. The van der Waals surface area contributed by atoms with E-state index in [1.807, 2.05) is 6.07 Å². The molecule has 3 nitrogen and oxygen atoms in total. The van der Waals surface area contributed by atoms with Gasteiger partial charge in [-0.2, -0.15) is 0 Å². The molecule has 0 unspecified atom stereocenters. The molecule has 0 saturated carbocycles. The van der Waals surface area contributed by atoms with E-state index in [2.05, 4.69) is 0 Å². The molecule has 1 aromatic carbocycles. The number of hydrogen-bond acceptors (Lipinski definition) is 3. The molecule has 0 spiro atoms. The van der Waals surface area contributed by atoms with Crippen molar-refractivity contribution >= 4 is 5.78 Å². The molecule has 0 amide bonds. The van der Waals surface area contributed by atoms with Crippen molar-refractivity contribution in [2.24, 2.45) is 0 Å². The Hall–Kier alpha value is -1.35. The summed E-state index contributed by atoms with van der Waals surface area (Å²) in [7, 11) is 1.60. The number of methoxy groups -OCH3 is 1. The first-order valence-electron chi connectivity index (χ1n) is 4.42. The quantitative estimate of drug-likeness (QED) is 0.793. The molecular weight excluding hydrogens is 180 g/mol. The van der Waals surface area contributed by atoms with Crippen LogP contribution in [0.25, 0.3) is 0 Å². The zero-order valence-corrected chi connectivity index (χ0v) is 8.41. The van der Waals surface area contributed by atoms with Crippen LogP contribution in [0.15, 0.2) is 18.2 Å². The van der Waals surface area contributed by atoms with E-state index in [1.54, 1.807) is 19.2 Å². The van der Waals surface area contributed by atoms with Gasteiger partial charge in [0.25, 0.3) is 0 Å². The van der Waals surface area contributed by atoms with E-state index in [9.17, 15) is 9.90 Å². The Labute approximate surface area is 83.3 Å². The van der Waals surface area contributed by atoms with Gasteiger partial charge in [0.05, 0.1) is 6.61 Å². The number of phenolic OH excluding ortho intramolecular Hbond substituents is 1. The Morgan fingerprint density at radius 2 is 2.21 bits per heavy atom. The average molecular weight is 194 g/mol. The summed E-state index contributed by atoms with van der Waals surface area (Å²) in [6.45, 7) is 1.97. The molecule has 0 aromatic heterocycles. The topological polar surface area (TPSA) is 46.5 Å². The number of carbonyl (C=O) groups excluding carboxylic acids is 1. The third kappa shape index (κ3) is 2.85. The van der Waals surface area contributed by atoms with Crippen molar-refractivity contribution in [3.8, 4) is 5.75 Å². The lowest BCUT2D eigenvalue weighted by molar-refractivity contribution is -0.116. The van der Waals surface area contributed by atoms with Crippen molar-refractivity contribution in [1.29, 1.82) is 0 Å². The maximum atomic E-state index is 10.8. The highest BCUT2D eigenvalue weighted by molar-refractivity contribution is 5.78. The van der Waals surface area contributed by atoms with Crippen LogP contribution in [0.4, 0.5) is 0 Å². The second kappa shape index (κ2) is 4.77. The number of phenols is 1. The predicted octanol–water partition coefficient (Wildman–Crippen LogP) is 1.67. The fourth-order valence-corrected chi connectivity index (χ4v) is 1.28. The fourth-order valence-electron chi connectivity index (χ4n) is 1.28. The highest BCUT2D eigenvalue weighted by atomic mass is 16.5. The van der Waals surface area contributed by atoms with E-state index in [-0.39, 0.29) is 18.0 Å². The van der Waals surface area contributed by atoms with E-state index in [0.29, 0.717) is 12.2 Å². The SMILES string of the molecule is COCc1ccc(CC(C)=O)c(O)c1. The third-order valence-corrected chi connectivity index (χ3v) is 1.90. The maximum Gasteiger partial charge on any atom is 0.134 e. The summed E-state index contributed by atoms with van der Waals surface area (Å²) < 4.78 is 4.93. The minimum absolute atomic E-state index is 0.0415. The van der Waals surface area contributed by atoms with Crippen LogP contribution in [-0.2, 0) is 22.6 Å². The van der Waals surface area contributed by atoms with Gasteiger partial charge in [-0.25, -0.2) is 0 Å². The normalized spacial score (nSPS) is 10.1. The summed E-state index contributed by atoms with van der Waals surface area (Å²) >= 11 is 0. The molecule has 1 aromatic rings. The number of ether oxygens (including phenoxy) is 1. The molecule has 14 heavy (non-hydrogen) atoms. The van der Waals surface area contributed by atoms with Crippen LogP contribution in [0.2, 0.25) is 0 Å². The van der Waals surface area contributed by atoms with Crippen LogP contribution in [0.1, 0.15) is 18.1 Å². The Kier molecular flexibility index (Phi) is 3.65. The monoisotopic (exact) mass is 194 g/mol. The van der Waals surface area contributed by atoms with Crippen molar-refractivity contribution < 1.29 is 14.6 Å². The first-order chi connectivity index (χ1) is 6.63. The molecular formula is C11H14O3. The van der Waals surface area contributed by atoms with E-state index >= 15 is 0 Å². The summed E-state index contributed by atoms with van der Waals surface area (Å²) in [5, 5.41) is 9.56. The molecule has 0 saturated heterocycles. The first kappa shape index (κ1) is 10.7. The number of benzene rings is 1. The van der Waals surface area contributed by atoms with E-state index in [0.717, 1.165) is 5.56 Å². The Bertz CT molecular complexity index is 331. The van der Waals surface area contributed by atoms with Crippen molar-refractivity contribution in [1.82, 2.24) is 0 Å². The van der Waals surface area contributed by atoms with Crippen LogP contribution >= 0.6 is 0 Å². The molecule has 3 heteroatoms. The molecule has 0 bridgehead atoms. The van der Waals surface area contributed by atoms with Gasteiger partial charge in [-0.1, -0.05) is 12.1 Å². The van der Waals surface area contributed by atoms with Gasteiger partial charge >= 0.3 is 0 Å². The lowest BCUT2D eigenvalue weighted by atomic mass is 10.1. The van der Waals surface area contributed by atoms with Crippen LogP contribution in [-0.4, -0.2) is 18.0 Å². The third-order valence-electron chi connectivity index (χ3n) is 1.90. The maximum absolute atomic E-state index is 10.8. The smallest absolute Gasteiger partial charge is 0.134 e. The van der Waals surface area contributed by atoms with Gasteiger partial charge in [0.2, 0.25) is 0 Å². The van der Waals surface area contributed by atoms with Crippen molar-refractivity contribution in [3.63, 3.8) is 0 Å². The number of rotatable bonds is 4. The largest absolute Gasteiger partial charge is 0.508 e. The zero-order chi connectivity index (χ0) is 10.6. The minimum atomic E-state index is 0.0415. The number of hydrogen-bond donors (Lipinski definition) is 1. The lowest BCUT2D eigenvalue weighted by Gasteiger charge is -2.05. The van der Waals surface area contributed by atoms with Gasteiger partial charge in [0.15, 0.2) is 0 Å². The van der Waals surface area contributed by atoms with Crippen molar-refractivity contribution in [2.75, 3.05) is 7.11 Å². The molecule has 0 atom stereocenters. The number of aromatic hydroxyl groups is 1. The van der Waals surface area contributed by atoms with Gasteiger partial charge in [-0.15, -0.1) is 0 Å². The lowest BCUT2D eigenvalue weighted by Crippen LogP contribution is -1.97. The number of Topliss-reactive ketones (excluding diaryl/α,β-unsaturated/α-hetero) is 1. The van der Waals surface area contributed by atoms with Gasteiger partial charge in [-0.05, 0) is 18.6 Å².